The minimum Gasteiger partial charge on any atom is -0.392 e. The van der Waals surface area contributed by atoms with Crippen LogP contribution in [0.5, 0.6) is 0 Å². The van der Waals surface area contributed by atoms with Crippen molar-refractivity contribution in [1.82, 2.24) is 19.5 Å². The van der Waals surface area contributed by atoms with Gasteiger partial charge in [-0.3, -0.25) is 9.69 Å². The molecule has 2 aromatic rings. The van der Waals surface area contributed by atoms with Crippen molar-refractivity contribution >= 4 is 16.3 Å². The Morgan fingerprint density at radius 3 is 3.24 bits per heavy atom. The maximum Gasteiger partial charge on any atom is 0.275 e. The summed E-state index contributed by atoms with van der Waals surface area (Å²) in [6.07, 6.45) is 0.546. The number of β-amino-alcohol motifs (C(OH)–C–C–N with tert-alkyl or cyclic N) is 1. The quantitative estimate of drug-likeness (QED) is 0.796. The first-order chi connectivity index (χ1) is 8.22. The van der Waals surface area contributed by atoms with Crippen LogP contribution in [0, 0.1) is 0 Å². The molecule has 7 heteroatoms. The van der Waals surface area contributed by atoms with E-state index in [0.29, 0.717) is 18.1 Å². The van der Waals surface area contributed by atoms with Crippen molar-refractivity contribution in [3.63, 3.8) is 0 Å². The van der Waals surface area contributed by atoms with Crippen LogP contribution in [-0.4, -0.2) is 43.8 Å². The number of aliphatic hydroxyl groups is 1. The van der Waals surface area contributed by atoms with Gasteiger partial charge in [-0.1, -0.05) is 11.3 Å². The van der Waals surface area contributed by atoms with Crippen LogP contribution in [-0.2, 0) is 6.54 Å². The van der Waals surface area contributed by atoms with Crippen molar-refractivity contribution < 1.29 is 5.11 Å². The molecule has 17 heavy (non-hydrogen) atoms. The van der Waals surface area contributed by atoms with Crippen molar-refractivity contribution in [3.05, 3.63) is 27.6 Å². The molecule has 90 valence electrons. The molecule has 0 spiro atoms. The maximum atomic E-state index is 11.7. The van der Waals surface area contributed by atoms with Crippen LogP contribution >= 0.6 is 11.3 Å². The number of likely N-dealkylation sites (tertiary alicyclic amines) is 1. The fourth-order valence-corrected chi connectivity index (χ4v) is 2.71. The molecule has 0 amide bonds. The molecule has 1 saturated heterocycles. The second-order valence-electron chi connectivity index (χ2n) is 4.20. The van der Waals surface area contributed by atoms with Gasteiger partial charge in [-0.2, -0.15) is 9.61 Å². The summed E-state index contributed by atoms with van der Waals surface area (Å²) in [7, 11) is 0. The van der Waals surface area contributed by atoms with E-state index in [4.69, 9.17) is 0 Å². The monoisotopic (exact) mass is 252 g/mol. The third kappa shape index (κ3) is 2.08. The van der Waals surface area contributed by atoms with Gasteiger partial charge < -0.3 is 5.11 Å². The van der Waals surface area contributed by atoms with E-state index >= 15 is 0 Å². The Morgan fingerprint density at radius 2 is 2.47 bits per heavy atom. The van der Waals surface area contributed by atoms with Crippen molar-refractivity contribution in [1.29, 1.82) is 0 Å². The molecule has 0 radical (unpaired) electrons. The summed E-state index contributed by atoms with van der Waals surface area (Å²) in [4.78, 5) is 18.8. The lowest BCUT2D eigenvalue weighted by Gasteiger charge is -2.13. The van der Waals surface area contributed by atoms with Crippen LogP contribution in [0.1, 0.15) is 12.1 Å². The number of nitrogens with zero attached hydrogens (tertiary/aromatic N) is 4. The molecule has 3 rings (SSSR count). The Balaban J connectivity index is 1.88. The van der Waals surface area contributed by atoms with E-state index in [2.05, 4.69) is 15.0 Å². The molecule has 6 nitrogen and oxygen atoms in total. The molecule has 1 atom stereocenters. The van der Waals surface area contributed by atoms with Crippen LogP contribution in [0.4, 0.5) is 0 Å². The third-order valence-corrected chi connectivity index (χ3v) is 3.55. The number of hydrogen-bond donors (Lipinski definition) is 1. The molecule has 3 heterocycles. The Kier molecular flexibility index (Phi) is 2.65. The van der Waals surface area contributed by atoms with Gasteiger partial charge in [-0.25, -0.2) is 4.98 Å². The summed E-state index contributed by atoms with van der Waals surface area (Å²) in [5.74, 6) is 0. The zero-order chi connectivity index (χ0) is 11.8. The van der Waals surface area contributed by atoms with Crippen LogP contribution in [0.15, 0.2) is 16.4 Å². The van der Waals surface area contributed by atoms with Gasteiger partial charge >= 0.3 is 0 Å². The van der Waals surface area contributed by atoms with Crippen LogP contribution < -0.4 is 5.56 Å². The molecular formula is C10H12N4O2S. The van der Waals surface area contributed by atoms with E-state index in [9.17, 15) is 9.90 Å². The van der Waals surface area contributed by atoms with E-state index in [-0.39, 0.29) is 11.7 Å². The Morgan fingerprint density at radius 1 is 1.59 bits per heavy atom. The van der Waals surface area contributed by atoms with Gasteiger partial charge in [-0.05, 0) is 6.42 Å². The number of aliphatic hydroxyl groups excluding tert-OH is 1. The molecule has 1 fully saturated rings. The van der Waals surface area contributed by atoms with Gasteiger partial charge in [0.15, 0.2) is 0 Å². The fraction of sp³-hybridized carbons (Fsp3) is 0.500. The highest BCUT2D eigenvalue weighted by Gasteiger charge is 2.20. The number of rotatable bonds is 2. The summed E-state index contributed by atoms with van der Waals surface area (Å²) in [6, 6.07) is 1.51. The van der Waals surface area contributed by atoms with E-state index in [1.54, 1.807) is 5.51 Å². The summed E-state index contributed by atoms with van der Waals surface area (Å²) >= 11 is 1.35. The molecule has 0 aromatic carbocycles. The highest BCUT2D eigenvalue weighted by Crippen LogP contribution is 2.12. The molecule has 0 bridgehead atoms. The van der Waals surface area contributed by atoms with Gasteiger partial charge in [0, 0.05) is 25.7 Å². The lowest BCUT2D eigenvalue weighted by Crippen LogP contribution is -2.24. The lowest BCUT2D eigenvalue weighted by atomic mass is 10.3. The second kappa shape index (κ2) is 4.17. The van der Waals surface area contributed by atoms with Crippen LogP contribution in [0.25, 0.3) is 4.96 Å². The van der Waals surface area contributed by atoms with Crippen LogP contribution in [0.3, 0.4) is 0 Å². The summed E-state index contributed by atoms with van der Waals surface area (Å²) in [5, 5.41) is 13.3. The molecule has 1 aliphatic heterocycles. The summed E-state index contributed by atoms with van der Waals surface area (Å²) < 4.78 is 1.30. The standard InChI is InChI=1S/C10H12N4O2S/c15-8-1-2-13(5-8)4-7-3-9(16)14-10(12-7)17-6-11-14/h3,6,8,15H,1-2,4-5H2. The summed E-state index contributed by atoms with van der Waals surface area (Å²) in [6.45, 7) is 2.12. The number of fused-ring (bicyclic) bond motifs is 1. The molecular weight excluding hydrogens is 240 g/mol. The fourth-order valence-electron chi connectivity index (χ4n) is 2.07. The summed E-state index contributed by atoms with van der Waals surface area (Å²) in [5.41, 5.74) is 2.20. The zero-order valence-electron chi connectivity index (χ0n) is 9.11. The van der Waals surface area contributed by atoms with Crippen LogP contribution in [0.2, 0.25) is 0 Å². The van der Waals surface area contributed by atoms with E-state index in [1.807, 2.05) is 0 Å². The minimum atomic E-state index is -0.247. The Labute approximate surface area is 101 Å². The first-order valence-electron chi connectivity index (χ1n) is 5.45. The second-order valence-corrected chi connectivity index (χ2v) is 5.01. The van der Waals surface area contributed by atoms with Gasteiger partial charge in [0.2, 0.25) is 4.96 Å². The molecule has 0 aliphatic carbocycles. The SMILES string of the molecule is O=c1cc(CN2CCC(O)C2)nc2scnn12. The highest BCUT2D eigenvalue weighted by atomic mass is 32.1. The van der Waals surface area contributed by atoms with Gasteiger partial charge in [-0.15, -0.1) is 0 Å². The van der Waals surface area contributed by atoms with Gasteiger partial charge in [0.05, 0.1) is 11.8 Å². The Hall–Kier alpha value is -1.31. The van der Waals surface area contributed by atoms with E-state index < -0.39 is 0 Å². The largest absolute Gasteiger partial charge is 0.392 e. The molecule has 2 aromatic heterocycles. The zero-order valence-corrected chi connectivity index (χ0v) is 9.93. The topological polar surface area (TPSA) is 70.7 Å². The van der Waals surface area contributed by atoms with Gasteiger partial charge in [0.25, 0.3) is 5.56 Å². The van der Waals surface area contributed by atoms with E-state index in [1.165, 1.54) is 21.9 Å². The number of hydrogen-bond acceptors (Lipinski definition) is 6. The van der Waals surface area contributed by atoms with Gasteiger partial charge in [0.1, 0.15) is 5.51 Å². The predicted octanol–water partition coefficient (Wildman–Crippen LogP) is -0.282. The third-order valence-electron chi connectivity index (χ3n) is 2.87. The first kappa shape index (κ1) is 10.8. The molecule has 1 aliphatic rings. The predicted molar refractivity (Wildman–Crippen MR) is 63.0 cm³/mol. The normalized spacial score (nSPS) is 21.4. The van der Waals surface area contributed by atoms with E-state index in [0.717, 1.165) is 18.7 Å². The average Bonchev–Trinajstić information content (AvgIpc) is 2.87. The lowest BCUT2D eigenvalue weighted by molar-refractivity contribution is 0.174. The average molecular weight is 252 g/mol. The Bertz CT molecular complexity index is 593. The van der Waals surface area contributed by atoms with Crippen molar-refractivity contribution in [2.75, 3.05) is 13.1 Å². The number of aromatic nitrogens is 3. The smallest absolute Gasteiger partial charge is 0.275 e. The first-order valence-corrected chi connectivity index (χ1v) is 6.33. The molecule has 1 N–H and O–H groups in total. The van der Waals surface area contributed by atoms with Crippen molar-refractivity contribution in [2.45, 2.75) is 19.1 Å². The minimum absolute atomic E-state index is 0.147. The molecule has 1 unspecified atom stereocenters. The van der Waals surface area contributed by atoms with Crippen molar-refractivity contribution in [2.24, 2.45) is 0 Å². The maximum absolute atomic E-state index is 11.7. The highest BCUT2D eigenvalue weighted by molar-refractivity contribution is 7.14. The van der Waals surface area contributed by atoms with Crippen molar-refractivity contribution in [3.8, 4) is 0 Å². The molecule has 0 saturated carbocycles.